The molecule has 2 unspecified atom stereocenters. The third-order valence-electron chi connectivity index (χ3n) is 7.26. The first-order chi connectivity index (χ1) is 21.2. The van der Waals surface area contributed by atoms with Gasteiger partial charge in [-0.25, -0.2) is 0 Å². The zero-order valence-corrected chi connectivity index (χ0v) is 25.2. The molecule has 3 aromatic carbocycles. The fraction of sp³-hybridized carbons (Fsp3) is 0.444. The molecule has 43 heavy (non-hydrogen) atoms. The summed E-state index contributed by atoms with van der Waals surface area (Å²) in [6.45, 7) is 2.59. The van der Waals surface area contributed by atoms with Crippen LogP contribution >= 0.6 is 0 Å². The second kappa shape index (κ2) is 19.4. The third kappa shape index (κ3) is 11.6. The van der Waals surface area contributed by atoms with Crippen LogP contribution in [0.15, 0.2) is 103 Å². The van der Waals surface area contributed by atoms with Crippen LogP contribution in [0.2, 0.25) is 0 Å². The summed E-state index contributed by atoms with van der Waals surface area (Å²) in [6, 6.07) is 29.9. The van der Waals surface area contributed by atoms with Gasteiger partial charge in [-0.15, -0.1) is 0 Å². The van der Waals surface area contributed by atoms with Crippen LogP contribution in [0.1, 0.15) is 42.4 Å². The van der Waals surface area contributed by atoms with Gasteiger partial charge in [-0.1, -0.05) is 103 Å². The van der Waals surface area contributed by atoms with Crippen molar-refractivity contribution in [1.82, 2.24) is 0 Å². The number of aliphatic hydroxyl groups excluding tert-OH is 1. The van der Waals surface area contributed by atoms with Crippen LogP contribution in [0.25, 0.3) is 0 Å². The van der Waals surface area contributed by atoms with Crippen LogP contribution in [0.3, 0.4) is 0 Å². The number of hydrogen-bond donors (Lipinski definition) is 1. The molecule has 0 amide bonds. The molecule has 1 aliphatic heterocycles. The molecule has 3 aromatic rings. The monoisotopic (exact) mass is 590 g/mol. The van der Waals surface area contributed by atoms with Gasteiger partial charge in [-0.3, -0.25) is 0 Å². The molecule has 1 heterocycles. The number of aliphatic hydroxyl groups is 1. The number of ether oxygens (including phenoxy) is 6. The average Bonchev–Trinajstić information content (AvgIpc) is 3.05. The van der Waals surface area contributed by atoms with Gasteiger partial charge in [0.05, 0.1) is 33.0 Å². The van der Waals surface area contributed by atoms with Crippen LogP contribution in [0.5, 0.6) is 0 Å². The zero-order valence-electron chi connectivity index (χ0n) is 25.2. The van der Waals surface area contributed by atoms with Gasteiger partial charge < -0.3 is 33.5 Å². The number of rotatable bonds is 19. The molecule has 0 bridgehead atoms. The smallest absolute Gasteiger partial charge is 0.186 e. The van der Waals surface area contributed by atoms with Crippen molar-refractivity contribution in [2.45, 2.75) is 76.2 Å². The molecule has 1 N–H and O–H groups in total. The van der Waals surface area contributed by atoms with E-state index in [0.717, 1.165) is 49.0 Å². The quantitative estimate of drug-likeness (QED) is 0.131. The Hall–Kier alpha value is -2.88. The van der Waals surface area contributed by atoms with Crippen LogP contribution in [-0.2, 0) is 48.2 Å². The molecule has 0 aliphatic carbocycles. The number of benzene rings is 3. The molecule has 0 radical (unpaired) electrons. The van der Waals surface area contributed by atoms with E-state index in [4.69, 9.17) is 28.4 Å². The zero-order chi connectivity index (χ0) is 30.0. The maximum Gasteiger partial charge on any atom is 0.186 e. The summed E-state index contributed by atoms with van der Waals surface area (Å²) in [4.78, 5) is 0. The predicted molar refractivity (Wildman–Crippen MR) is 166 cm³/mol. The predicted octanol–water partition coefficient (Wildman–Crippen LogP) is 6.24. The highest BCUT2D eigenvalue weighted by molar-refractivity contribution is 5.15. The summed E-state index contributed by atoms with van der Waals surface area (Å²) < 4.78 is 36.5. The molecular formula is C36H46O7. The van der Waals surface area contributed by atoms with Crippen molar-refractivity contribution in [2.24, 2.45) is 0 Å². The van der Waals surface area contributed by atoms with E-state index < -0.39 is 30.7 Å². The van der Waals surface area contributed by atoms with Crippen molar-refractivity contribution < 1.29 is 33.5 Å². The van der Waals surface area contributed by atoms with E-state index >= 15 is 0 Å². The second-order valence-electron chi connectivity index (χ2n) is 10.7. The molecule has 7 heteroatoms. The van der Waals surface area contributed by atoms with Crippen LogP contribution in [-0.4, -0.2) is 62.7 Å². The Morgan fingerprint density at radius 1 is 0.651 bits per heavy atom. The van der Waals surface area contributed by atoms with Crippen molar-refractivity contribution in [1.29, 1.82) is 0 Å². The number of methoxy groups -OCH3 is 1. The van der Waals surface area contributed by atoms with Gasteiger partial charge in [-0.2, -0.15) is 0 Å². The van der Waals surface area contributed by atoms with E-state index in [9.17, 15) is 5.11 Å². The van der Waals surface area contributed by atoms with Crippen LogP contribution < -0.4 is 0 Å². The molecule has 0 spiro atoms. The highest BCUT2D eigenvalue weighted by Gasteiger charge is 2.47. The van der Waals surface area contributed by atoms with Crippen molar-refractivity contribution in [3.05, 3.63) is 120 Å². The van der Waals surface area contributed by atoms with Gasteiger partial charge in [-0.05, 0) is 42.4 Å². The Balaban J connectivity index is 1.43. The number of unbranched alkanes of at least 4 members (excludes halogenated alkanes) is 2. The highest BCUT2D eigenvalue weighted by atomic mass is 16.7. The van der Waals surface area contributed by atoms with Crippen molar-refractivity contribution in [2.75, 3.05) is 26.9 Å². The summed E-state index contributed by atoms with van der Waals surface area (Å²) in [6.07, 6.45) is 4.35. The lowest BCUT2D eigenvalue weighted by Crippen LogP contribution is -2.61. The van der Waals surface area contributed by atoms with Crippen LogP contribution in [0.4, 0.5) is 0 Å². The first kappa shape index (κ1) is 33.0. The molecule has 5 atom stereocenters. The van der Waals surface area contributed by atoms with E-state index in [-0.39, 0.29) is 6.61 Å². The van der Waals surface area contributed by atoms with E-state index in [1.165, 1.54) is 0 Å². The van der Waals surface area contributed by atoms with Gasteiger partial charge in [0.15, 0.2) is 6.29 Å². The van der Waals surface area contributed by atoms with Crippen molar-refractivity contribution in [3.63, 3.8) is 0 Å². The fourth-order valence-corrected chi connectivity index (χ4v) is 4.94. The Labute approximate surface area is 256 Å². The van der Waals surface area contributed by atoms with Gasteiger partial charge in [0.2, 0.25) is 0 Å². The Kier molecular flexibility index (Phi) is 14.9. The maximum atomic E-state index is 11.5. The maximum absolute atomic E-state index is 11.5. The van der Waals surface area contributed by atoms with Gasteiger partial charge in [0.25, 0.3) is 0 Å². The van der Waals surface area contributed by atoms with E-state index in [1.54, 1.807) is 7.11 Å². The molecule has 1 fully saturated rings. The number of hydrogen-bond acceptors (Lipinski definition) is 7. The van der Waals surface area contributed by atoms with Gasteiger partial charge >= 0.3 is 0 Å². The van der Waals surface area contributed by atoms with E-state index in [0.29, 0.717) is 26.4 Å². The Morgan fingerprint density at radius 2 is 1.16 bits per heavy atom. The molecule has 232 valence electrons. The largest absolute Gasteiger partial charge is 0.385 e. The second-order valence-corrected chi connectivity index (χ2v) is 10.7. The summed E-state index contributed by atoms with van der Waals surface area (Å²) in [5.74, 6) is 0. The van der Waals surface area contributed by atoms with Gasteiger partial charge in [0.1, 0.15) is 24.4 Å². The summed E-state index contributed by atoms with van der Waals surface area (Å²) in [7, 11) is 1.72. The van der Waals surface area contributed by atoms with Crippen LogP contribution in [0, 0.1) is 0 Å². The molecular weight excluding hydrogens is 544 g/mol. The summed E-state index contributed by atoms with van der Waals surface area (Å²) >= 11 is 0. The third-order valence-corrected chi connectivity index (χ3v) is 7.26. The van der Waals surface area contributed by atoms with Crippen molar-refractivity contribution in [3.8, 4) is 0 Å². The number of allylic oxidation sites excluding steroid dienone is 2. The van der Waals surface area contributed by atoms with E-state index in [1.807, 2.05) is 91.0 Å². The normalized spacial score (nSPS) is 22.2. The first-order valence-electron chi connectivity index (χ1n) is 15.3. The van der Waals surface area contributed by atoms with Crippen molar-refractivity contribution >= 4 is 0 Å². The molecule has 0 aromatic heterocycles. The lowest BCUT2D eigenvalue weighted by molar-refractivity contribution is -0.319. The molecule has 4 rings (SSSR count). The Bertz CT molecular complexity index is 1140. The summed E-state index contributed by atoms with van der Waals surface area (Å²) in [5.41, 5.74) is 3.10. The minimum atomic E-state index is -1.04. The Morgan fingerprint density at radius 3 is 1.72 bits per heavy atom. The SMILES string of the molecule is COCCC/C=C\CCCO[C@H]1OC(COCc2ccccc2)[C@H](OCc2ccccc2)[C@@H](OCc2ccccc2)C1O. The molecule has 0 saturated carbocycles. The minimum absolute atomic E-state index is 0.260. The minimum Gasteiger partial charge on any atom is -0.385 e. The molecule has 7 nitrogen and oxygen atoms in total. The fourth-order valence-electron chi connectivity index (χ4n) is 4.94. The highest BCUT2D eigenvalue weighted by Crippen LogP contribution is 2.29. The summed E-state index contributed by atoms with van der Waals surface area (Å²) in [5, 5.41) is 11.5. The van der Waals surface area contributed by atoms with E-state index in [2.05, 4.69) is 12.2 Å². The standard InChI is InChI=1S/C36H46O7/c1-38-23-15-4-2-3-5-16-24-40-36-33(37)35(42-27-31-21-13-8-14-22-31)34(41-26-30-19-11-7-12-20-30)32(43-36)28-39-25-29-17-9-6-10-18-29/h2-3,6-14,17-22,32-37H,4-5,15-16,23-28H2,1H3/b3-2-/t32?,33?,34-,35-,36-/m0/s1. The molecule has 1 aliphatic rings. The topological polar surface area (TPSA) is 75.6 Å². The first-order valence-corrected chi connectivity index (χ1v) is 15.3. The van der Waals surface area contributed by atoms with Gasteiger partial charge in [0, 0.05) is 13.7 Å². The molecule has 1 saturated heterocycles. The average molecular weight is 591 g/mol. The lowest BCUT2D eigenvalue weighted by atomic mass is 9.98. The lowest BCUT2D eigenvalue weighted by Gasteiger charge is -2.44.